The van der Waals surface area contributed by atoms with Crippen LogP contribution in [0, 0.1) is 6.42 Å². The second kappa shape index (κ2) is 2.70. The first-order valence-corrected chi connectivity index (χ1v) is 2.86. The quantitative estimate of drug-likeness (QED) is 0.469. The highest BCUT2D eigenvalue weighted by molar-refractivity contribution is 5.93. The van der Waals surface area contributed by atoms with Gasteiger partial charge in [-0.05, 0) is 19.3 Å². The molecule has 0 N–H and O–H groups in total. The molecular weight excluding hydrogens is 102 g/mol. The zero-order chi connectivity index (χ0) is 5.82. The highest BCUT2D eigenvalue weighted by atomic mass is 16.6. The van der Waals surface area contributed by atoms with Crippen molar-refractivity contribution in [1.82, 2.24) is 0 Å². The van der Waals surface area contributed by atoms with Crippen LogP contribution < -0.4 is 0 Å². The highest BCUT2D eigenvalue weighted by Crippen LogP contribution is 2.12. The Bertz CT molecular complexity index is 90.7. The molecule has 2 heteroatoms. The third kappa shape index (κ3) is 1.22. The SMILES string of the molecule is CON=C1[CH]CCC1. The number of nitrogens with zero attached hydrogens (tertiary/aromatic N) is 1. The van der Waals surface area contributed by atoms with Crippen LogP contribution in [0.25, 0.3) is 0 Å². The molecule has 0 aromatic carbocycles. The molecule has 0 aromatic heterocycles. The van der Waals surface area contributed by atoms with Gasteiger partial charge in [0.1, 0.15) is 7.11 Å². The van der Waals surface area contributed by atoms with Crippen LogP contribution in [0.4, 0.5) is 0 Å². The summed E-state index contributed by atoms with van der Waals surface area (Å²) in [5, 5.41) is 3.78. The van der Waals surface area contributed by atoms with Crippen LogP contribution in [0.2, 0.25) is 0 Å². The maximum Gasteiger partial charge on any atom is 0.106 e. The molecule has 1 fully saturated rings. The minimum Gasteiger partial charge on any atom is -0.399 e. The Kier molecular flexibility index (Phi) is 1.89. The first-order chi connectivity index (χ1) is 3.93. The Balaban J connectivity index is 2.33. The fourth-order valence-electron chi connectivity index (χ4n) is 0.854. The van der Waals surface area contributed by atoms with Gasteiger partial charge in [-0.2, -0.15) is 0 Å². The molecule has 0 amide bonds. The topological polar surface area (TPSA) is 21.6 Å². The molecule has 0 aliphatic heterocycles. The Labute approximate surface area is 49.5 Å². The first-order valence-electron chi connectivity index (χ1n) is 2.86. The van der Waals surface area contributed by atoms with Gasteiger partial charge < -0.3 is 4.84 Å². The highest BCUT2D eigenvalue weighted by Gasteiger charge is 2.07. The van der Waals surface area contributed by atoms with Crippen LogP contribution in [0.1, 0.15) is 19.3 Å². The number of oxime groups is 1. The lowest BCUT2D eigenvalue weighted by Crippen LogP contribution is -1.88. The minimum atomic E-state index is 1.09. The van der Waals surface area contributed by atoms with E-state index in [0.717, 1.165) is 12.1 Å². The zero-order valence-corrected chi connectivity index (χ0v) is 5.05. The lowest BCUT2D eigenvalue weighted by atomic mass is 10.3. The average Bonchev–Trinajstić information content (AvgIpc) is 2.19. The van der Waals surface area contributed by atoms with Crippen molar-refractivity contribution >= 4 is 5.71 Å². The predicted octanol–water partition coefficient (Wildman–Crippen LogP) is 1.38. The average molecular weight is 112 g/mol. The van der Waals surface area contributed by atoms with Gasteiger partial charge in [-0.25, -0.2) is 0 Å². The van der Waals surface area contributed by atoms with Gasteiger partial charge in [0.05, 0.1) is 5.71 Å². The third-order valence-electron chi connectivity index (χ3n) is 1.23. The second-order valence-corrected chi connectivity index (χ2v) is 1.86. The summed E-state index contributed by atoms with van der Waals surface area (Å²) >= 11 is 0. The molecule has 0 atom stereocenters. The fourth-order valence-corrected chi connectivity index (χ4v) is 0.854. The van der Waals surface area contributed by atoms with Crippen molar-refractivity contribution in [2.24, 2.45) is 5.16 Å². The van der Waals surface area contributed by atoms with Crippen molar-refractivity contribution in [1.29, 1.82) is 0 Å². The van der Waals surface area contributed by atoms with Crippen LogP contribution in [0.15, 0.2) is 5.16 Å². The largest absolute Gasteiger partial charge is 0.399 e. The van der Waals surface area contributed by atoms with Gasteiger partial charge in [0.15, 0.2) is 0 Å². The Morgan fingerprint density at radius 1 is 1.75 bits per heavy atom. The van der Waals surface area contributed by atoms with E-state index in [2.05, 4.69) is 16.4 Å². The van der Waals surface area contributed by atoms with Crippen LogP contribution in [-0.2, 0) is 4.84 Å². The standard InChI is InChI=1S/C6H10NO/c1-8-7-6-4-2-3-5-6/h4H,2-3,5H2,1H3. The van der Waals surface area contributed by atoms with E-state index < -0.39 is 0 Å². The van der Waals surface area contributed by atoms with E-state index >= 15 is 0 Å². The summed E-state index contributed by atoms with van der Waals surface area (Å²) in [6.45, 7) is 0. The van der Waals surface area contributed by atoms with Gasteiger partial charge in [-0.1, -0.05) is 5.16 Å². The van der Waals surface area contributed by atoms with E-state index in [1.807, 2.05) is 0 Å². The van der Waals surface area contributed by atoms with Gasteiger partial charge >= 0.3 is 0 Å². The molecule has 8 heavy (non-hydrogen) atoms. The van der Waals surface area contributed by atoms with E-state index in [1.165, 1.54) is 12.8 Å². The number of rotatable bonds is 1. The van der Waals surface area contributed by atoms with E-state index in [-0.39, 0.29) is 0 Å². The van der Waals surface area contributed by atoms with Gasteiger partial charge in [0, 0.05) is 6.42 Å². The molecule has 0 aromatic rings. The number of hydrogen-bond donors (Lipinski definition) is 0. The molecule has 1 aliphatic rings. The van der Waals surface area contributed by atoms with Crippen LogP contribution in [0.5, 0.6) is 0 Å². The summed E-state index contributed by atoms with van der Waals surface area (Å²) in [6, 6.07) is 0. The van der Waals surface area contributed by atoms with Crippen LogP contribution in [0.3, 0.4) is 0 Å². The minimum absolute atomic E-state index is 1.09. The Morgan fingerprint density at radius 2 is 2.62 bits per heavy atom. The van der Waals surface area contributed by atoms with E-state index in [9.17, 15) is 0 Å². The fraction of sp³-hybridized carbons (Fsp3) is 0.667. The Morgan fingerprint density at radius 3 is 3.12 bits per heavy atom. The lowest BCUT2D eigenvalue weighted by Gasteiger charge is -1.89. The van der Waals surface area contributed by atoms with Gasteiger partial charge in [0.25, 0.3) is 0 Å². The van der Waals surface area contributed by atoms with Gasteiger partial charge in [-0.15, -0.1) is 0 Å². The molecular formula is C6H10NO. The molecule has 0 bridgehead atoms. The Hall–Kier alpha value is -0.530. The molecule has 0 spiro atoms. The van der Waals surface area contributed by atoms with Gasteiger partial charge in [-0.3, -0.25) is 0 Å². The van der Waals surface area contributed by atoms with Crippen molar-refractivity contribution in [2.45, 2.75) is 19.3 Å². The van der Waals surface area contributed by atoms with Crippen molar-refractivity contribution in [3.8, 4) is 0 Å². The smallest absolute Gasteiger partial charge is 0.106 e. The van der Waals surface area contributed by atoms with Crippen LogP contribution in [-0.4, -0.2) is 12.8 Å². The second-order valence-electron chi connectivity index (χ2n) is 1.86. The summed E-state index contributed by atoms with van der Waals surface area (Å²) in [6.07, 6.45) is 5.61. The predicted molar refractivity (Wildman–Crippen MR) is 32.6 cm³/mol. The first kappa shape index (κ1) is 5.60. The molecule has 1 radical (unpaired) electrons. The molecule has 0 heterocycles. The van der Waals surface area contributed by atoms with Crippen molar-refractivity contribution in [3.05, 3.63) is 6.42 Å². The van der Waals surface area contributed by atoms with E-state index in [4.69, 9.17) is 0 Å². The van der Waals surface area contributed by atoms with Crippen molar-refractivity contribution in [3.63, 3.8) is 0 Å². The number of hydrogen-bond acceptors (Lipinski definition) is 2. The molecule has 0 unspecified atom stereocenters. The van der Waals surface area contributed by atoms with E-state index in [1.54, 1.807) is 7.11 Å². The van der Waals surface area contributed by atoms with Gasteiger partial charge in [0.2, 0.25) is 0 Å². The van der Waals surface area contributed by atoms with Crippen molar-refractivity contribution < 1.29 is 4.84 Å². The van der Waals surface area contributed by atoms with E-state index in [0.29, 0.717) is 0 Å². The summed E-state index contributed by atoms with van der Waals surface area (Å²) in [7, 11) is 1.58. The molecule has 0 saturated heterocycles. The maximum atomic E-state index is 4.58. The molecule has 1 rings (SSSR count). The summed E-state index contributed by atoms with van der Waals surface area (Å²) < 4.78 is 0. The summed E-state index contributed by atoms with van der Waals surface area (Å²) in [5.41, 5.74) is 1.10. The summed E-state index contributed by atoms with van der Waals surface area (Å²) in [4.78, 5) is 4.58. The molecule has 1 aliphatic carbocycles. The lowest BCUT2D eigenvalue weighted by molar-refractivity contribution is 0.213. The molecule has 2 nitrogen and oxygen atoms in total. The zero-order valence-electron chi connectivity index (χ0n) is 5.05. The summed E-state index contributed by atoms with van der Waals surface area (Å²) in [5.74, 6) is 0. The molecule has 1 saturated carbocycles. The monoisotopic (exact) mass is 112 g/mol. The van der Waals surface area contributed by atoms with Crippen LogP contribution >= 0.6 is 0 Å². The maximum absolute atomic E-state index is 4.58. The molecule has 45 valence electrons. The normalized spacial score (nSPS) is 24.4. The van der Waals surface area contributed by atoms with Crippen molar-refractivity contribution in [2.75, 3.05) is 7.11 Å². The third-order valence-corrected chi connectivity index (χ3v) is 1.23.